The van der Waals surface area contributed by atoms with Crippen LogP contribution in [0, 0.1) is 12.8 Å². The number of piperidine rings is 1. The van der Waals surface area contributed by atoms with E-state index in [2.05, 4.69) is 41.4 Å². The van der Waals surface area contributed by atoms with Gasteiger partial charge in [0.2, 0.25) is 5.91 Å². The molecule has 122 valence electrons. The summed E-state index contributed by atoms with van der Waals surface area (Å²) >= 11 is 1.78. The smallest absolute Gasteiger partial charge is 0.223 e. The highest BCUT2D eigenvalue weighted by atomic mass is 32.2. The average Bonchev–Trinajstić information content (AvgIpc) is 2.55. The molecule has 0 saturated carbocycles. The van der Waals surface area contributed by atoms with Gasteiger partial charge < -0.3 is 10.2 Å². The molecule has 1 heterocycles. The molecule has 0 aromatic heterocycles. The second kappa shape index (κ2) is 9.21. The summed E-state index contributed by atoms with van der Waals surface area (Å²) in [6.07, 6.45) is 4.22. The van der Waals surface area contributed by atoms with E-state index in [1.54, 1.807) is 11.8 Å². The van der Waals surface area contributed by atoms with Crippen LogP contribution in [0.25, 0.3) is 0 Å². The van der Waals surface area contributed by atoms with E-state index in [0.717, 1.165) is 31.3 Å². The fourth-order valence-electron chi connectivity index (χ4n) is 2.87. The lowest BCUT2D eigenvalue weighted by Crippen LogP contribution is -2.39. The summed E-state index contributed by atoms with van der Waals surface area (Å²) in [5.41, 5.74) is 1.28. The summed E-state index contributed by atoms with van der Waals surface area (Å²) < 4.78 is 0. The van der Waals surface area contributed by atoms with Crippen LogP contribution in [0.2, 0.25) is 0 Å². The van der Waals surface area contributed by atoms with Gasteiger partial charge in [-0.1, -0.05) is 17.7 Å². The molecule has 0 radical (unpaired) electrons. The minimum Gasteiger partial charge on any atom is -0.343 e. The molecule has 2 rings (SSSR count). The van der Waals surface area contributed by atoms with Crippen LogP contribution in [0.15, 0.2) is 29.2 Å². The van der Waals surface area contributed by atoms with Crippen LogP contribution in [0.1, 0.15) is 31.2 Å². The van der Waals surface area contributed by atoms with Crippen LogP contribution < -0.4 is 5.32 Å². The van der Waals surface area contributed by atoms with E-state index >= 15 is 0 Å². The number of carbonyl (C=O) groups is 1. The van der Waals surface area contributed by atoms with Crippen molar-refractivity contribution in [1.82, 2.24) is 10.2 Å². The van der Waals surface area contributed by atoms with Gasteiger partial charge in [-0.2, -0.15) is 0 Å². The van der Waals surface area contributed by atoms with E-state index in [1.165, 1.54) is 29.7 Å². The number of hydrogen-bond acceptors (Lipinski definition) is 3. The lowest BCUT2D eigenvalue weighted by molar-refractivity contribution is -0.132. The maximum absolute atomic E-state index is 12.3. The van der Waals surface area contributed by atoms with Gasteiger partial charge >= 0.3 is 0 Å². The van der Waals surface area contributed by atoms with E-state index in [1.807, 2.05) is 7.05 Å². The third-order valence-corrected chi connectivity index (χ3v) is 5.39. The van der Waals surface area contributed by atoms with Gasteiger partial charge in [-0.15, -0.1) is 11.8 Å². The van der Waals surface area contributed by atoms with E-state index in [9.17, 15) is 4.79 Å². The summed E-state index contributed by atoms with van der Waals surface area (Å²) in [5.74, 6) is 1.99. The number of nitrogens with zero attached hydrogens (tertiary/aromatic N) is 1. The highest BCUT2D eigenvalue weighted by Crippen LogP contribution is 2.22. The minimum atomic E-state index is 0.326. The zero-order chi connectivity index (χ0) is 15.8. The Kier molecular flexibility index (Phi) is 7.26. The number of thioether (sulfide) groups is 1. The standard InChI is InChI=1S/C18H28N2OS/c1-15-3-5-17(6-4-15)22-14-10-18(21)20-12-8-16(9-13-20)7-11-19-2/h3-6,16,19H,7-14H2,1-2H3. The lowest BCUT2D eigenvalue weighted by Gasteiger charge is -2.32. The van der Waals surface area contributed by atoms with Crippen molar-refractivity contribution in [3.05, 3.63) is 29.8 Å². The van der Waals surface area contributed by atoms with Crippen molar-refractivity contribution in [2.24, 2.45) is 5.92 Å². The molecule has 4 heteroatoms. The molecule has 0 atom stereocenters. The number of benzene rings is 1. The van der Waals surface area contributed by atoms with Crippen LogP contribution in [-0.2, 0) is 4.79 Å². The van der Waals surface area contributed by atoms with Gasteiger partial charge in [0.25, 0.3) is 0 Å². The van der Waals surface area contributed by atoms with Gasteiger partial charge in [0, 0.05) is 30.2 Å². The first-order chi connectivity index (χ1) is 10.7. The highest BCUT2D eigenvalue weighted by Gasteiger charge is 2.21. The predicted octanol–water partition coefficient (Wildman–Crippen LogP) is 3.33. The lowest BCUT2D eigenvalue weighted by atomic mass is 9.93. The summed E-state index contributed by atoms with van der Waals surface area (Å²) in [6, 6.07) is 8.52. The van der Waals surface area contributed by atoms with Crippen molar-refractivity contribution in [3.8, 4) is 0 Å². The Morgan fingerprint density at radius 2 is 1.95 bits per heavy atom. The predicted molar refractivity (Wildman–Crippen MR) is 94.4 cm³/mol. The first kappa shape index (κ1) is 17.4. The molecule has 1 aromatic rings. The summed E-state index contributed by atoms with van der Waals surface area (Å²) in [6.45, 7) is 5.08. The van der Waals surface area contributed by atoms with Crippen molar-refractivity contribution in [2.75, 3.05) is 32.4 Å². The quantitative estimate of drug-likeness (QED) is 0.782. The summed E-state index contributed by atoms with van der Waals surface area (Å²) in [7, 11) is 2.00. The normalized spacial score (nSPS) is 16.0. The van der Waals surface area contributed by atoms with Gasteiger partial charge in [-0.3, -0.25) is 4.79 Å². The number of rotatable bonds is 7. The van der Waals surface area contributed by atoms with Crippen molar-refractivity contribution >= 4 is 17.7 Å². The molecule has 1 aromatic carbocycles. The maximum Gasteiger partial charge on any atom is 0.223 e. The third kappa shape index (κ3) is 5.65. The van der Waals surface area contributed by atoms with Gasteiger partial charge in [0.1, 0.15) is 0 Å². The number of carbonyl (C=O) groups excluding carboxylic acids is 1. The van der Waals surface area contributed by atoms with E-state index in [4.69, 9.17) is 0 Å². The zero-order valence-electron chi connectivity index (χ0n) is 13.8. The Hall–Kier alpha value is -1.00. The van der Waals surface area contributed by atoms with Crippen molar-refractivity contribution in [2.45, 2.75) is 37.5 Å². The van der Waals surface area contributed by atoms with E-state index in [-0.39, 0.29) is 0 Å². The van der Waals surface area contributed by atoms with Crippen molar-refractivity contribution in [3.63, 3.8) is 0 Å². The van der Waals surface area contributed by atoms with Crippen LogP contribution in [0.4, 0.5) is 0 Å². The van der Waals surface area contributed by atoms with Gasteiger partial charge in [-0.05, 0) is 57.8 Å². The molecular weight excluding hydrogens is 292 g/mol. The monoisotopic (exact) mass is 320 g/mol. The number of likely N-dealkylation sites (tertiary alicyclic amines) is 1. The fraction of sp³-hybridized carbons (Fsp3) is 0.611. The second-order valence-electron chi connectivity index (χ2n) is 6.13. The van der Waals surface area contributed by atoms with Crippen LogP contribution in [0.3, 0.4) is 0 Å². The van der Waals surface area contributed by atoms with Crippen LogP contribution in [-0.4, -0.2) is 43.2 Å². The SMILES string of the molecule is CNCCC1CCN(C(=O)CCSc2ccc(C)cc2)CC1. The summed E-state index contributed by atoms with van der Waals surface area (Å²) in [5, 5.41) is 3.21. The largest absolute Gasteiger partial charge is 0.343 e. The Balaban J connectivity index is 1.64. The van der Waals surface area contributed by atoms with Gasteiger partial charge in [0.15, 0.2) is 0 Å². The molecule has 1 aliphatic rings. The summed E-state index contributed by atoms with van der Waals surface area (Å²) in [4.78, 5) is 15.6. The van der Waals surface area contributed by atoms with Gasteiger partial charge in [-0.25, -0.2) is 0 Å². The van der Waals surface area contributed by atoms with E-state index in [0.29, 0.717) is 12.3 Å². The zero-order valence-corrected chi connectivity index (χ0v) is 14.6. The Labute approximate surface area is 138 Å². The molecule has 0 aliphatic carbocycles. The first-order valence-corrected chi connectivity index (χ1v) is 9.29. The first-order valence-electron chi connectivity index (χ1n) is 8.31. The van der Waals surface area contributed by atoms with Crippen LogP contribution >= 0.6 is 11.8 Å². The fourth-order valence-corrected chi connectivity index (χ4v) is 3.71. The molecule has 1 amide bonds. The van der Waals surface area contributed by atoms with Gasteiger partial charge in [0.05, 0.1) is 0 Å². The van der Waals surface area contributed by atoms with Crippen LogP contribution in [0.5, 0.6) is 0 Å². The third-order valence-electron chi connectivity index (χ3n) is 4.38. The van der Waals surface area contributed by atoms with Crippen molar-refractivity contribution < 1.29 is 4.79 Å². The van der Waals surface area contributed by atoms with Crippen molar-refractivity contribution in [1.29, 1.82) is 0 Å². The molecular formula is C18H28N2OS. The second-order valence-corrected chi connectivity index (χ2v) is 7.30. The molecule has 1 aliphatic heterocycles. The molecule has 1 saturated heterocycles. The molecule has 0 bridgehead atoms. The average molecular weight is 321 g/mol. The maximum atomic E-state index is 12.3. The van der Waals surface area contributed by atoms with E-state index < -0.39 is 0 Å². The highest BCUT2D eigenvalue weighted by molar-refractivity contribution is 7.99. The Morgan fingerprint density at radius 3 is 2.59 bits per heavy atom. The number of nitrogens with one attached hydrogen (secondary N) is 1. The number of amides is 1. The molecule has 1 N–H and O–H groups in total. The molecule has 0 spiro atoms. The number of aryl methyl sites for hydroxylation is 1. The Morgan fingerprint density at radius 1 is 1.27 bits per heavy atom. The Bertz CT molecular complexity index is 453. The molecule has 1 fully saturated rings. The minimum absolute atomic E-state index is 0.326. The number of hydrogen-bond donors (Lipinski definition) is 1. The molecule has 22 heavy (non-hydrogen) atoms. The molecule has 0 unspecified atom stereocenters. The molecule has 3 nitrogen and oxygen atoms in total. The topological polar surface area (TPSA) is 32.3 Å².